The van der Waals surface area contributed by atoms with Crippen LogP contribution in [0.5, 0.6) is 5.75 Å². The van der Waals surface area contributed by atoms with E-state index in [2.05, 4.69) is 12.1 Å². The van der Waals surface area contributed by atoms with Gasteiger partial charge in [-0.2, -0.15) is 0 Å². The fraction of sp³-hybridized carbons (Fsp3) is 0.286. The lowest BCUT2D eigenvalue weighted by atomic mass is 10.0. The van der Waals surface area contributed by atoms with E-state index < -0.39 is 0 Å². The Bertz CT molecular complexity index is 1110. The average Bonchev–Trinajstić information content (AvgIpc) is 3.10. The molecule has 4 rings (SSSR count). The molecule has 0 spiro atoms. The molecule has 0 N–H and O–H groups in total. The van der Waals surface area contributed by atoms with Crippen LogP contribution in [0.3, 0.4) is 0 Å². The Balaban J connectivity index is 1.32. The van der Waals surface area contributed by atoms with Crippen molar-refractivity contribution in [3.63, 3.8) is 0 Å². The van der Waals surface area contributed by atoms with E-state index >= 15 is 0 Å². The molecule has 3 aromatic carbocycles. The normalized spacial score (nSPS) is 14.0. The summed E-state index contributed by atoms with van der Waals surface area (Å²) in [5, 5.41) is 0. The third-order valence-corrected chi connectivity index (χ3v) is 6.06. The summed E-state index contributed by atoms with van der Waals surface area (Å²) < 4.78 is 5.77. The fourth-order valence-corrected chi connectivity index (χ4v) is 4.18. The molecule has 33 heavy (non-hydrogen) atoms. The second-order valence-electron chi connectivity index (χ2n) is 8.53. The zero-order valence-corrected chi connectivity index (χ0v) is 19.3. The van der Waals surface area contributed by atoms with Crippen LogP contribution in [-0.2, 0) is 4.79 Å². The van der Waals surface area contributed by atoms with E-state index in [9.17, 15) is 9.59 Å². The summed E-state index contributed by atoms with van der Waals surface area (Å²) in [5.41, 5.74) is 5.08. The van der Waals surface area contributed by atoms with Gasteiger partial charge in [-0.1, -0.05) is 60.2 Å². The number of hydrogen-bond donors (Lipinski definition) is 0. The van der Waals surface area contributed by atoms with Crippen LogP contribution in [0.4, 0.5) is 0 Å². The van der Waals surface area contributed by atoms with Gasteiger partial charge in [-0.3, -0.25) is 9.59 Å². The van der Waals surface area contributed by atoms with E-state index in [1.54, 1.807) is 4.90 Å². The molecule has 3 aromatic rings. The monoisotopic (exact) mass is 442 g/mol. The highest BCUT2D eigenvalue weighted by Crippen LogP contribution is 2.21. The van der Waals surface area contributed by atoms with Crippen LogP contribution in [0, 0.1) is 13.8 Å². The van der Waals surface area contributed by atoms with Gasteiger partial charge in [0.2, 0.25) is 0 Å². The molecular weight excluding hydrogens is 412 g/mol. The summed E-state index contributed by atoms with van der Waals surface area (Å²) in [7, 11) is 0. The Labute approximate surface area is 195 Å². The summed E-state index contributed by atoms with van der Waals surface area (Å²) in [4.78, 5) is 29.4. The van der Waals surface area contributed by atoms with Gasteiger partial charge in [0.15, 0.2) is 6.61 Å². The minimum absolute atomic E-state index is 0.00967. The highest BCUT2D eigenvalue weighted by atomic mass is 16.5. The lowest BCUT2D eigenvalue weighted by Crippen LogP contribution is -2.39. The summed E-state index contributed by atoms with van der Waals surface area (Å²) >= 11 is 0. The molecule has 1 aliphatic rings. The van der Waals surface area contributed by atoms with Gasteiger partial charge < -0.3 is 14.5 Å². The lowest BCUT2D eigenvalue weighted by molar-refractivity contribution is -0.133. The Morgan fingerprint density at radius 3 is 2.18 bits per heavy atom. The number of carbonyl (C=O) groups excluding carboxylic acids is 2. The molecule has 1 fully saturated rings. The largest absolute Gasteiger partial charge is 0.484 e. The first-order valence-corrected chi connectivity index (χ1v) is 11.4. The van der Waals surface area contributed by atoms with Crippen molar-refractivity contribution in [2.24, 2.45) is 0 Å². The van der Waals surface area contributed by atoms with Gasteiger partial charge in [0, 0.05) is 31.7 Å². The number of ether oxygens (including phenoxy) is 1. The molecule has 2 amide bonds. The number of benzene rings is 3. The summed E-state index contributed by atoms with van der Waals surface area (Å²) in [5.74, 6) is 0.700. The van der Waals surface area contributed by atoms with E-state index in [4.69, 9.17) is 4.74 Å². The Morgan fingerprint density at radius 2 is 1.45 bits per heavy atom. The fourth-order valence-electron chi connectivity index (χ4n) is 4.18. The summed E-state index contributed by atoms with van der Waals surface area (Å²) in [6.45, 7) is 6.33. The molecule has 170 valence electrons. The van der Waals surface area contributed by atoms with Crippen LogP contribution in [-0.4, -0.2) is 54.4 Å². The molecule has 0 aromatic heterocycles. The van der Waals surface area contributed by atoms with Crippen LogP contribution in [0.1, 0.15) is 27.9 Å². The van der Waals surface area contributed by atoms with Crippen molar-refractivity contribution in [3.8, 4) is 16.9 Å². The number of rotatable bonds is 5. The van der Waals surface area contributed by atoms with E-state index in [1.807, 2.05) is 79.4 Å². The SMILES string of the molecule is Cc1ccc(OCC(=O)N2CCCN(C(=O)c3ccc(-c4ccccc4)cc3)CC2)c(C)c1. The molecule has 0 unspecified atom stereocenters. The van der Waals surface area contributed by atoms with Crippen LogP contribution in [0.15, 0.2) is 72.8 Å². The molecule has 1 saturated heterocycles. The van der Waals surface area contributed by atoms with Crippen molar-refractivity contribution in [1.82, 2.24) is 9.80 Å². The van der Waals surface area contributed by atoms with E-state index in [0.717, 1.165) is 34.4 Å². The van der Waals surface area contributed by atoms with Crippen molar-refractivity contribution >= 4 is 11.8 Å². The minimum Gasteiger partial charge on any atom is -0.484 e. The van der Waals surface area contributed by atoms with E-state index in [0.29, 0.717) is 31.7 Å². The van der Waals surface area contributed by atoms with Gasteiger partial charge >= 0.3 is 0 Å². The lowest BCUT2D eigenvalue weighted by Gasteiger charge is -2.22. The maximum absolute atomic E-state index is 13.1. The molecule has 0 aliphatic carbocycles. The molecule has 0 bridgehead atoms. The Morgan fingerprint density at radius 1 is 0.788 bits per heavy atom. The van der Waals surface area contributed by atoms with Crippen molar-refractivity contribution < 1.29 is 14.3 Å². The first-order valence-electron chi connectivity index (χ1n) is 11.4. The van der Waals surface area contributed by atoms with Crippen molar-refractivity contribution in [1.29, 1.82) is 0 Å². The molecule has 0 atom stereocenters. The summed E-state index contributed by atoms with van der Waals surface area (Å²) in [6, 6.07) is 23.8. The molecular formula is C28H30N2O3. The minimum atomic E-state index is -0.0449. The van der Waals surface area contributed by atoms with Crippen LogP contribution < -0.4 is 4.74 Å². The van der Waals surface area contributed by atoms with Crippen molar-refractivity contribution in [2.45, 2.75) is 20.3 Å². The Hall–Kier alpha value is -3.60. The molecule has 0 saturated carbocycles. The van der Waals surface area contributed by atoms with E-state index in [1.165, 1.54) is 0 Å². The van der Waals surface area contributed by atoms with E-state index in [-0.39, 0.29) is 18.4 Å². The maximum Gasteiger partial charge on any atom is 0.260 e. The predicted octanol–water partition coefficient (Wildman–Crippen LogP) is 4.72. The summed E-state index contributed by atoms with van der Waals surface area (Å²) in [6.07, 6.45) is 0.753. The maximum atomic E-state index is 13.1. The number of nitrogens with zero attached hydrogens (tertiary/aromatic N) is 2. The molecule has 5 heteroatoms. The molecule has 0 radical (unpaired) electrons. The zero-order valence-electron chi connectivity index (χ0n) is 19.3. The van der Waals surface area contributed by atoms with Crippen LogP contribution >= 0.6 is 0 Å². The van der Waals surface area contributed by atoms with Gasteiger partial charge in [0.05, 0.1) is 0 Å². The van der Waals surface area contributed by atoms with Crippen molar-refractivity contribution in [2.75, 3.05) is 32.8 Å². The number of carbonyl (C=O) groups is 2. The number of aryl methyl sites for hydroxylation is 2. The molecule has 5 nitrogen and oxygen atoms in total. The first-order chi connectivity index (χ1) is 16.0. The Kier molecular flexibility index (Phi) is 7.08. The quantitative estimate of drug-likeness (QED) is 0.574. The van der Waals surface area contributed by atoms with Gasteiger partial charge in [0.1, 0.15) is 5.75 Å². The number of amides is 2. The van der Waals surface area contributed by atoms with Crippen molar-refractivity contribution in [3.05, 3.63) is 89.5 Å². The second-order valence-corrected chi connectivity index (χ2v) is 8.53. The molecule has 1 heterocycles. The third-order valence-electron chi connectivity index (χ3n) is 6.06. The standard InChI is InChI=1S/C28H30N2O3/c1-21-9-14-26(22(2)19-21)33-20-27(31)29-15-6-16-30(18-17-29)28(32)25-12-10-24(11-13-25)23-7-4-3-5-8-23/h3-5,7-14,19H,6,15-18,20H2,1-2H3. The first kappa shape index (κ1) is 22.6. The van der Waals surface area contributed by atoms with Gasteiger partial charge in [-0.05, 0) is 55.2 Å². The van der Waals surface area contributed by atoms with Gasteiger partial charge in [0.25, 0.3) is 11.8 Å². The topological polar surface area (TPSA) is 49.9 Å². The highest BCUT2D eigenvalue weighted by Gasteiger charge is 2.23. The van der Waals surface area contributed by atoms with Crippen LogP contribution in [0.25, 0.3) is 11.1 Å². The second kappa shape index (κ2) is 10.3. The highest BCUT2D eigenvalue weighted by molar-refractivity contribution is 5.94. The molecule has 1 aliphatic heterocycles. The predicted molar refractivity (Wildman–Crippen MR) is 130 cm³/mol. The average molecular weight is 443 g/mol. The number of hydrogen-bond acceptors (Lipinski definition) is 3. The van der Waals surface area contributed by atoms with Gasteiger partial charge in [-0.25, -0.2) is 0 Å². The smallest absolute Gasteiger partial charge is 0.260 e. The van der Waals surface area contributed by atoms with Crippen LogP contribution in [0.2, 0.25) is 0 Å². The van der Waals surface area contributed by atoms with Gasteiger partial charge in [-0.15, -0.1) is 0 Å². The zero-order chi connectivity index (χ0) is 23.2. The third kappa shape index (κ3) is 5.61.